The summed E-state index contributed by atoms with van der Waals surface area (Å²) in [5, 5.41) is 2.94. The molecule has 0 saturated heterocycles. The van der Waals surface area contributed by atoms with E-state index < -0.39 is 0 Å². The number of aryl methyl sites for hydroxylation is 1. The minimum atomic E-state index is -0.369. The van der Waals surface area contributed by atoms with Crippen LogP contribution in [0.1, 0.15) is 22.8 Å². The number of carbonyl (C=O) groups is 1. The number of thiocarbonyl (C=S) groups is 1. The van der Waals surface area contributed by atoms with Crippen molar-refractivity contribution in [1.82, 2.24) is 0 Å². The van der Waals surface area contributed by atoms with Gasteiger partial charge in [-0.15, -0.1) is 0 Å². The van der Waals surface area contributed by atoms with Crippen LogP contribution in [0.2, 0.25) is 0 Å². The minimum absolute atomic E-state index is 0.191. The molecule has 0 spiro atoms. The lowest BCUT2D eigenvalue weighted by molar-refractivity contribution is 0.0601. The monoisotopic (exact) mass is 316 g/mol. The van der Waals surface area contributed by atoms with Crippen LogP contribution in [0.3, 0.4) is 0 Å². The second kappa shape index (κ2) is 9.52. The van der Waals surface area contributed by atoms with E-state index in [1.807, 2.05) is 6.07 Å². The van der Waals surface area contributed by atoms with E-state index in [1.54, 1.807) is 24.3 Å². The second-order valence-corrected chi connectivity index (χ2v) is 4.84. The van der Waals surface area contributed by atoms with Crippen molar-refractivity contribution in [1.29, 1.82) is 0 Å². The molecule has 2 rings (SSSR count). The molecular formula is C17H20N2O2S. The van der Waals surface area contributed by atoms with Crippen LogP contribution in [0.25, 0.3) is 0 Å². The third-order valence-corrected chi connectivity index (χ3v) is 2.93. The van der Waals surface area contributed by atoms with Gasteiger partial charge in [0.15, 0.2) is 5.11 Å². The maximum absolute atomic E-state index is 11.1. The molecule has 4 nitrogen and oxygen atoms in total. The molecule has 0 aromatic heterocycles. The highest BCUT2D eigenvalue weighted by molar-refractivity contribution is 7.80. The van der Waals surface area contributed by atoms with E-state index in [9.17, 15) is 4.79 Å². The van der Waals surface area contributed by atoms with Crippen LogP contribution in [0.4, 0.5) is 5.69 Å². The summed E-state index contributed by atoms with van der Waals surface area (Å²) in [5.74, 6) is -0.369. The molecule has 0 radical (unpaired) electrons. The fraction of sp³-hybridized carbons (Fsp3) is 0.176. The highest BCUT2D eigenvalue weighted by Gasteiger charge is 2.03. The highest BCUT2D eigenvalue weighted by atomic mass is 32.1. The predicted molar refractivity (Wildman–Crippen MR) is 94.0 cm³/mol. The Morgan fingerprint density at radius 2 is 1.73 bits per heavy atom. The average Bonchev–Trinajstić information content (AvgIpc) is 2.55. The standard InChI is InChI=1S/C9H10N2O2S.C8H10/c1-13-8(12)6-2-4-7(5-3-6)11-9(10)14;1-2-8-6-4-3-5-7-8/h2-5H,1H3,(H3,10,11,14);3-7H,2H2,1H3. The van der Waals surface area contributed by atoms with Crippen molar-refractivity contribution in [3.63, 3.8) is 0 Å². The molecule has 22 heavy (non-hydrogen) atoms. The first-order valence-electron chi connectivity index (χ1n) is 6.85. The number of esters is 1. The topological polar surface area (TPSA) is 64.3 Å². The number of carbonyl (C=O) groups excluding carboxylic acids is 1. The van der Waals surface area contributed by atoms with Gasteiger partial charge < -0.3 is 15.8 Å². The van der Waals surface area contributed by atoms with Gasteiger partial charge >= 0.3 is 5.97 Å². The van der Waals surface area contributed by atoms with Crippen molar-refractivity contribution in [3.05, 3.63) is 65.7 Å². The van der Waals surface area contributed by atoms with E-state index in [-0.39, 0.29) is 11.1 Å². The van der Waals surface area contributed by atoms with Gasteiger partial charge in [-0.05, 0) is 48.5 Å². The molecule has 5 heteroatoms. The van der Waals surface area contributed by atoms with Gasteiger partial charge in [0, 0.05) is 5.69 Å². The summed E-state index contributed by atoms with van der Waals surface area (Å²) in [6, 6.07) is 17.1. The Morgan fingerprint density at radius 1 is 1.14 bits per heavy atom. The lowest BCUT2D eigenvalue weighted by Gasteiger charge is -2.04. The fourth-order valence-electron chi connectivity index (χ4n) is 1.66. The van der Waals surface area contributed by atoms with E-state index in [4.69, 9.17) is 5.73 Å². The molecule has 2 aromatic carbocycles. The average molecular weight is 316 g/mol. The third-order valence-electron chi connectivity index (χ3n) is 2.82. The van der Waals surface area contributed by atoms with Gasteiger partial charge in [-0.25, -0.2) is 4.79 Å². The molecule has 0 amide bonds. The zero-order chi connectivity index (χ0) is 16.4. The zero-order valence-corrected chi connectivity index (χ0v) is 13.5. The number of ether oxygens (including phenoxy) is 1. The molecule has 116 valence electrons. The largest absolute Gasteiger partial charge is 0.465 e. The zero-order valence-electron chi connectivity index (χ0n) is 12.7. The van der Waals surface area contributed by atoms with Crippen molar-refractivity contribution in [3.8, 4) is 0 Å². The quantitative estimate of drug-likeness (QED) is 0.671. The number of nitrogens with two attached hydrogens (primary N) is 1. The number of nitrogens with one attached hydrogen (secondary N) is 1. The van der Waals surface area contributed by atoms with Gasteiger partial charge in [0.25, 0.3) is 0 Å². The normalized spacial score (nSPS) is 9.18. The van der Waals surface area contributed by atoms with Crippen LogP contribution >= 0.6 is 12.2 Å². The van der Waals surface area contributed by atoms with E-state index >= 15 is 0 Å². The number of hydrogen-bond donors (Lipinski definition) is 2. The Labute approximate surface area is 136 Å². The van der Waals surface area contributed by atoms with E-state index in [0.29, 0.717) is 5.56 Å². The Bertz CT molecular complexity index is 598. The lowest BCUT2D eigenvalue weighted by atomic mass is 10.2. The molecule has 0 aliphatic heterocycles. The molecule has 0 bridgehead atoms. The van der Waals surface area contributed by atoms with Crippen LogP contribution < -0.4 is 11.1 Å². The Morgan fingerprint density at radius 3 is 2.14 bits per heavy atom. The van der Waals surface area contributed by atoms with Gasteiger partial charge in [-0.1, -0.05) is 37.3 Å². The Hall–Kier alpha value is -2.40. The molecule has 0 heterocycles. The SMILES string of the molecule is CCc1ccccc1.COC(=O)c1ccc(NC(N)=S)cc1. The summed E-state index contributed by atoms with van der Waals surface area (Å²) in [5.41, 5.74) is 7.91. The Kier molecular flexibility index (Phi) is 7.64. The van der Waals surface area contributed by atoms with Gasteiger partial charge in [0.1, 0.15) is 0 Å². The number of rotatable bonds is 3. The lowest BCUT2D eigenvalue weighted by Crippen LogP contribution is -2.18. The number of methoxy groups -OCH3 is 1. The maximum atomic E-state index is 11.1. The predicted octanol–water partition coefficient (Wildman–Crippen LogP) is 3.38. The van der Waals surface area contributed by atoms with Crippen LogP contribution in [0, 0.1) is 0 Å². The van der Waals surface area contributed by atoms with Crippen molar-refractivity contribution in [2.45, 2.75) is 13.3 Å². The third kappa shape index (κ3) is 6.37. The summed E-state index contributed by atoms with van der Waals surface area (Å²) >= 11 is 4.66. The summed E-state index contributed by atoms with van der Waals surface area (Å²) in [6.45, 7) is 2.16. The van der Waals surface area contributed by atoms with Gasteiger partial charge in [0.2, 0.25) is 0 Å². The van der Waals surface area contributed by atoms with Crippen LogP contribution in [-0.2, 0) is 11.2 Å². The van der Waals surface area contributed by atoms with E-state index in [1.165, 1.54) is 12.7 Å². The molecule has 0 aliphatic carbocycles. The minimum Gasteiger partial charge on any atom is -0.465 e. The molecular weight excluding hydrogens is 296 g/mol. The second-order valence-electron chi connectivity index (χ2n) is 4.40. The van der Waals surface area contributed by atoms with Gasteiger partial charge in [-0.3, -0.25) is 0 Å². The Balaban J connectivity index is 0.000000255. The van der Waals surface area contributed by atoms with Crippen molar-refractivity contribution < 1.29 is 9.53 Å². The number of hydrogen-bond acceptors (Lipinski definition) is 3. The molecule has 0 fully saturated rings. The highest BCUT2D eigenvalue weighted by Crippen LogP contribution is 2.09. The first kappa shape index (κ1) is 17.7. The molecule has 0 aliphatic rings. The van der Waals surface area contributed by atoms with Crippen LogP contribution in [0.5, 0.6) is 0 Å². The summed E-state index contributed by atoms with van der Waals surface area (Å²) in [6.07, 6.45) is 1.14. The molecule has 0 saturated carbocycles. The smallest absolute Gasteiger partial charge is 0.337 e. The summed E-state index contributed by atoms with van der Waals surface area (Å²) in [7, 11) is 1.34. The fourth-order valence-corrected chi connectivity index (χ4v) is 1.78. The molecule has 2 aromatic rings. The summed E-state index contributed by atoms with van der Waals surface area (Å²) in [4.78, 5) is 11.1. The van der Waals surface area contributed by atoms with Crippen molar-refractivity contribution in [2.24, 2.45) is 5.73 Å². The van der Waals surface area contributed by atoms with Crippen molar-refractivity contribution in [2.75, 3.05) is 12.4 Å². The first-order chi connectivity index (χ1) is 10.6. The maximum Gasteiger partial charge on any atom is 0.337 e. The van der Waals surface area contributed by atoms with Gasteiger partial charge in [0.05, 0.1) is 12.7 Å². The van der Waals surface area contributed by atoms with Crippen LogP contribution in [-0.4, -0.2) is 18.2 Å². The van der Waals surface area contributed by atoms with Gasteiger partial charge in [-0.2, -0.15) is 0 Å². The van der Waals surface area contributed by atoms with E-state index in [2.05, 4.69) is 53.5 Å². The molecule has 3 N–H and O–H groups in total. The van der Waals surface area contributed by atoms with E-state index in [0.717, 1.165) is 12.1 Å². The van der Waals surface area contributed by atoms with Crippen LogP contribution in [0.15, 0.2) is 54.6 Å². The first-order valence-corrected chi connectivity index (χ1v) is 7.26. The summed E-state index contributed by atoms with van der Waals surface area (Å²) < 4.78 is 4.55. The molecule has 0 unspecified atom stereocenters. The number of benzene rings is 2. The molecule has 0 atom stereocenters. The van der Waals surface area contributed by atoms with Crippen molar-refractivity contribution >= 4 is 29.0 Å². The number of anilines is 1.